The predicted octanol–water partition coefficient (Wildman–Crippen LogP) is 5.92. The maximum Gasteiger partial charge on any atom is 0.127 e. The molecule has 0 fully saturated rings. The van der Waals surface area contributed by atoms with Gasteiger partial charge in [-0.25, -0.2) is 0 Å². The zero-order chi connectivity index (χ0) is 16.0. The van der Waals surface area contributed by atoms with Crippen LogP contribution in [0.2, 0.25) is 37.3 Å². The van der Waals surface area contributed by atoms with Gasteiger partial charge in [0.05, 0.1) is 8.07 Å². The second-order valence-electron chi connectivity index (χ2n) is 8.45. The van der Waals surface area contributed by atoms with Gasteiger partial charge in [0.25, 0.3) is 0 Å². The lowest BCUT2D eigenvalue weighted by Gasteiger charge is -2.46. The Morgan fingerprint density at radius 2 is 1.50 bits per heavy atom. The minimum Gasteiger partial charge on any atom is -0.323 e. The van der Waals surface area contributed by atoms with Crippen LogP contribution in [0.1, 0.15) is 47.0 Å². The molecule has 0 aliphatic carbocycles. The van der Waals surface area contributed by atoms with Gasteiger partial charge in [-0.2, -0.15) is 0 Å². The van der Waals surface area contributed by atoms with E-state index in [2.05, 4.69) is 70.7 Å². The SMILES string of the molecule is C=C[Si](C)(C)CCCN(CCCC)[Si](C)(C)C(C)(C)C. The lowest BCUT2D eigenvalue weighted by Crippen LogP contribution is -2.55. The average molecular weight is 314 g/mol. The molecule has 0 radical (unpaired) electrons. The predicted molar refractivity (Wildman–Crippen MR) is 101 cm³/mol. The summed E-state index contributed by atoms with van der Waals surface area (Å²) in [5.74, 6) is 0. The summed E-state index contributed by atoms with van der Waals surface area (Å²) in [5.41, 5.74) is 2.25. The molecule has 0 atom stereocenters. The molecule has 0 amide bonds. The maximum absolute atomic E-state index is 4.02. The Bertz CT molecular complexity index is 290. The van der Waals surface area contributed by atoms with E-state index in [1.807, 2.05) is 0 Å². The highest BCUT2D eigenvalue weighted by molar-refractivity contribution is 6.82. The largest absolute Gasteiger partial charge is 0.323 e. The van der Waals surface area contributed by atoms with Crippen molar-refractivity contribution in [2.75, 3.05) is 13.1 Å². The first-order chi connectivity index (χ1) is 8.98. The Hall–Kier alpha value is 0.134. The topological polar surface area (TPSA) is 3.24 Å². The smallest absolute Gasteiger partial charge is 0.127 e. The number of nitrogens with zero attached hydrogens (tertiary/aromatic N) is 1. The standard InChI is InChI=1S/C17H39NSi2/c1-10-12-14-18(20(8,9)17(3,4)5)15-13-16-19(6,7)11-2/h11H,2,10,12-16H2,1,3-9H3. The van der Waals surface area contributed by atoms with Crippen LogP contribution in [0.4, 0.5) is 0 Å². The molecule has 0 heterocycles. The molecular weight excluding hydrogens is 274 g/mol. The van der Waals surface area contributed by atoms with Crippen molar-refractivity contribution in [2.24, 2.45) is 0 Å². The molecule has 0 spiro atoms. The highest BCUT2D eigenvalue weighted by Crippen LogP contribution is 2.38. The summed E-state index contributed by atoms with van der Waals surface area (Å²) in [4.78, 5) is 0. The van der Waals surface area contributed by atoms with Gasteiger partial charge in [0, 0.05) is 0 Å². The summed E-state index contributed by atoms with van der Waals surface area (Å²) in [6.07, 6.45) is 3.99. The third-order valence-corrected chi connectivity index (χ3v) is 13.7. The lowest BCUT2D eigenvalue weighted by atomic mass is 10.2. The van der Waals surface area contributed by atoms with Gasteiger partial charge in [-0.05, 0) is 31.0 Å². The second-order valence-corrected chi connectivity index (χ2v) is 18.6. The van der Waals surface area contributed by atoms with Crippen molar-refractivity contribution in [1.29, 1.82) is 0 Å². The number of unbranched alkanes of at least 4 members (excludes halogenated alkanes) is 1. The maximum atomic E-state index is 4.02. The molecule has 0 aromatic carbocycles. The minimum absolute atomic E-state index is 0.451. The molecule has 120 valence electrons. The zero-order valence-corrected chi connectivity index (χ0v) is 17.5. The Morgan fingerprint density at radius 3 is 1.90 bits per heavy atom. The van der Waals surface area contributed by atoms with Crippen molar-refractivity contribution >= 4 is 16.3 Å². The van der Waals surface area contributed by atoms with Crippen LogP contribution < -0.4 is 0 Å². The molecule has 1 nitrogen and oxygen atoms in total. The van der Waals surface area contributed by atoms with E-state index in [9.17, 15) is 0 Å². The molecular formula is C17H39NSi2. The summed E-state index contributed by atoms with van der Waals surface area (Å²) in [5, 5.41) is 0.451. The highest BCUT2D eigenvalue weighted by Gasteiger charge is 2.40. The molecule has 0 aliphatic rings. The summed E-state index contributed by atoms with van der Waals surface area (Å²) in [6, 6.07) is 1.38. The Balaban J connectivity index is 4.70. The van der Waals surface area contributed by atoms with Crippen LogP contribution in [-0.4, -0.2) is 34.0 Å². The van der Waals surface area contributed by atoms with Gasteiger partial charge in [-0.3, -0.25) is 0 Å². The van der Waals surface area contributed by atoms with E-state index >= 15 is 0 Å². The van der Waals surface area contributed by atoms with E-state index in [1.165, 1.54) is 38.4 Å². The van der Waals surface area contributed by atoms with Crippen molar-refractivity contribution in [2.45, 2.75) is 84.2 Å². The van der Waals surface area contributed by atoms with Gasteiger partial charge < -0.3 is 4.57 Å². The Kier molecular flexibility index (Phi) is 8.00. The zero-order valence-electron chi connectivity index (χ0n) is 15.5. The molecule has 0 rings (SSSR count). The first-order valence-electron chi connectivity index (χ1n) is 8.36. The van der Waals surface area contributed by atoms with E-state index in [0.717, 1.165) is 0 Å². The first-order valence-corrected chi connectivity index (χ1v) is 14.6. The first kappa shape index (κ1) is 20.1. The Morgan fingerprint density at radius 1 is 1.00 bits per heavy atom. The van der Waals surface area contributed by atoms with Gasteiger partial charge in [0.2, 0.25) is 0 Å². The van der Waals surface area contributed by atoms with Crippen LogP contribution in [0.25, 0.3) is 0 Å². The fraction of sp³-hybridized carbons (Fsp3) is 0.882. The van der Waals surface area contributed by atoms with Crippen LogP contribution in [-0.2, 0) is 0 Å². The molecule has 0 aromatic rings. The normalized spacial score (nSPS) is 13.8. The van der Waals surface area contributed by atoms with E-state index in [-0.39, 0.29) is 0 Å². The molecule has 3 heteroatoms. The van der Waals surface area contributed by atoms with E-state index in [0.29, 0.717) is 5.04 Å². The van der Waals surface area contributed by atoms with Crippen LogP contribution in [0, 0.1) is 0 Å². The fourth-order valence-corrected chi connectivity index (χ4v) is 5.98. The van der Waals surface area contributed by atoms with Crippen LogP contribution in [0.3, 0.4) is 0 Å². The fourth-order valence-electron chi connectivity index (χ4n) is 2.32. The van der Waals surface area contributed by atoms with E-state index < -0.39 is 16.3 Å². The van der Waals surface area contributed by atoms with Crippen molar-refractivity contribution in [1.82, 2.24) is 4.57 Å². The number of hydrogen-bond acceptors (Lipinski definition) is 1. The monoisotopic (exact) mass is 313 g/mol. The summed E-state index contributed by atoms with van der Waals surface area (Å²) < 4.78 is 2.87. The third kappa shape index (κ3) is 6.27. The minimum atomic E-state index is -1.36. The molecule has 20 heavy (non-hydrogen) atoms. The van der Waals surface area contributed by atoms with Gasteiger partial charge in [-0.1, -0.05) is 66.3 Å². The number of hydrogen-bond donors (Lipinski definition) is 0. The molecule has 0 N–H and O–H groups in total. The van der Waals surface area contributed by atoms with Crippen molar-refractivity contribution in [3.63, 3.8) is 0 Å². The number of rotatable bonds is 9. The third-order valence-electron chi connectivity index (χ3n) is 5.21. The van der Waals surface area contributed by atoms with Crippen LogP contribution in [0.5, 0.6) is 0 Å². The summed E-state index contributed by atoms with van der Waals surface area (Å²) >= 11 is 0. The molecule has 0 saturated heterocycles. The molecule has 0 saturated carbocycles. The van der Waals surface area contributed by atoms with Crippen LogP contribution in [0.15, 0.2) is 12.3 Å². The van der Waals surface area contributed by atoms with E-state index in [1.54, 1.807) is 0 Å². The summed E-state index contributed by atoms with van der Waals surface area (Å²) in [7, 11) is -2.48. The van der Waals surface area contributed by atoms with Crippen molar-refractivity contribution < 1.29 is 0 Å². The van der Waals surface area contributed by atoms with Crippen molar-refractivity contribution in [3.05, 3.63) is 12.3 Å². The molecule has 0 aromatic heterocycles. The van der Waals surface area contributed by atoms with Gasteiger partial charge in [-0.15, -0.1) is 12.3 Å². The second kappa shape index (κ2) is 7.95. The van der Waals surface area contributed by atoms with Gasteiger partial charge in [0.15, 0.2) is 0 Å². The molecule has 0 aliphatic heterocycles. The highest BCUT2D eigenvalue weighted by atomic mass is 28.3. The molecule has 0 unspecified atom stereocenters. The van der Waals surface area contributed by atoms with Gasteiger partial charge >= 0.3 is 0 Å². The Labute approximate surface area is 130 Å². The quantitative estimate of drug-likeness (QED) is 0.478. The average Bonchev–Trinajstić information content (AvgIpc) is 2.31. The lowest BCUT2D eigenvalue weighted by molar-refractivity contribution is 0.387. The van der Waals surface area contributed by atoms with Crippen molar-refractivity contribution in [3.8, 4) is 0 Å². The van der Waals surface area contributed by atoms with E-state index in [4.69, 9.17) is 0 Å². The van der Waals surface area contributed by atoms with Crippen LogP contribution >= 0.6 is 0 Å². The summed E-state index contributed by atoms with van der Waals surface area (Å²) in [6.45, 7) is 26.2. The molecule has 0 bridgehead atoms. The van der Waals surface area contributed by atoms with Gasteiger partial charge in [0.1, 0.15) is 8.24 Å².